The first kappa shape index (κ1) is 12.3. The van der Waals surface area contributed by atoms with Gasteiger partial charge < -0.3 is 5.11 Å². The summed E-state index contributed by atoms with van der Waals surface area (Å²) >= 11 is 0. The highest BCUT2D eigenvalue weighted by Gasteiger charge is 2.18. The van der Waals surface area contributed by atoms with E-state index in [4.69, 9.17) is 5.11 Å². The fraction of sp³-hybridized carbons (Fsp3) is 0.357. The minimum atomic E-state index is -0.816. The number of aryl methyl sites for hydroxylation is 1. The standard InChI is InChI=1S/C14H16O2/c1-11-4-6-12(7-5-11)8-9-14(2,3)10-13(15)16/h4-7H,10H2,1-3H3,(H,15,16). The van der Waals surface area contributed by atoms with Crippen molar-refractivity contribution < 1.29 is 9.90 Å². The molecule has 0 radical (unpaired) electrons. The minimum absolute atomic E-state index is 0.0614. The molecule has 0 heterocycles. The smallest absolute Gasteiger partial charge is 0.304 e. The first-order valence-electron chi connectivity index (χ1n) is 5.21. The van der Waals surface area contributed by atoms with E-state index in [1.54, 1.807) is 0 Å². The van der Waals surface area contributed by atoms with Crippen molar-refractivity contribution in [2.24, 2.45) is 5.41 Å². The van der Waals surface area contributed by atoms with Gasteiger partial charge in [-0.25, -0.2) is 0 Å². The quantitative estimate of drug-likeness (QED) is 0.772. The third kappa shape index (κ3) is 4.18. The number of carboxylic acid groups (broad SMARTS) is 1. The Kier molecular flexibility index (Phi) is 3.73. The number of rotatable bonds is 2. The second-order valence-electron chi connectivity index (χ2n) is 4.57. The van der Waals surface area contributed by atoms with Crippen LogP contribution < -0.4 is 0 Å². The first-order chi connectivity index (χ1) is 7.39. The lowest BCUT2D eigenvalue weighted by atomic mass is 9.90. The third-order valence-electron chi connectivity index (χ3n) is 2.19. The van der Waals surface area contributed by atoms with Gasteiger partial charge in [0, 0.05) is 11.0 Å². The van der Waals surface area contributed by atoms with E-state index >= 15 is 0 Å². The van der Waals surface area contributed by atoms with Crippen molar-refractivity contribution in [2.75, 3.05) is 0 Å². The molecule has 0 bridgehead atoms. The second-order valence-corrected chi connectivity index (χ2v) is 4.57. The lowest BCUT2D eigenvalue weighted by Crippen LogP contribution is -2.14. The van der Waals surface area contributed by atoms with Gasteiger partial charge in [-0.15, -0.1) is 0 Å². The summed E-state index contributed by atoms with van der Waals surface area (Å²) in [5, 5.41) is 8.71. The molecular formula is C14H16O2. The van der Waals surface area contributed by atoms with Crippen LogP contribution in [0.1, 0.15) is 31.4 Å². The Morgan fingerprint density at radius 1 is 1.31 bits per heavy atom. The van der Waals surface area contributed by atoms with Crippen LogP contribution >= 0.6 is 0 Å². The van der Waals surface area contributed by atoms with Crippen molar-refractivity contribution in [2.45, 2.75) is 27.2 Å². The van der Waals surface area contributed by atoms with Gasteiger partial charge in [0.15, 0.2) is 0 Å². The molecule has 0 spiro atoms. The Bertz CT molecular complexity index is 430. The molecule has 1 aromatic carbocycles. The molecule has 0 aliphatic carbocycles. The van der Waals surface area contributed by atoms with E-state index < -0.39 is 11.4 Å². The molecule has 0 saturated carbocycles. The monoisotopic (exact) mass is 216 g/mol. The number of benzene rings is 1. The molecule has 16 heavy (non-hydrogen) atoms. The molecule has 0 aliphatic heterocycles. The molecule has 1 aromatic rings. The van der Waals surface area contributed by atoms with Gasteiger partial charge in [-0.05, 0) is 32.9 Å². The average molecular weight is 216 g/mol. The van der Waals surface area contributed by atoms with E-state index in [9.17, 15) is 4.79 Å². The SMILES string of the molecule is Cc1ccc(C#CC(C)(C)CC(=O)O)cc1. The van der Waals surface area contributed by atoms with E-state index in [1.807, 2.05) is 45.0 Å². The molecule has 0 amide bonds. The predicted octanol–water partition coefficient (Wildman–Crippen LogP) is 2.85. The maximum atomic E-state index is 10.6. The summed E-state index contributed by atoms with van der Waals surface area (Å²) in [5.74, 6) is 5.18. The molecule has 2 heteroatoms. The molecule has 0 saturated heterocycles. The van der Waals surface area contributed by atoms with Crippen molar-refractivity contribution >= 4 is 5.97 Å². The van der Waals surface area contributed by atoms with Crippen molar-refractivity contribution in [1.82, 2.24) is 0 Å². The molecule has 0 unspecified atom stereocenters. The predicted molar refractivity (Wildman–Crippen MR) is 64.1 cm³/mol. The molecule has 0 fully saturated rings. The van der Waals surface area contributed by atoms with Gasteiger partial charge in [0.1, 0.15) is 0 Å². The van der Waals surface area contributed by atoms with Crippen molar-refractivity contribution in [3.05, 3.63) is 35.4 Å². The lowest BCUT2D eigenvalue weighted by molar-refractivity contribution is -0.138. The Labute approximate surface area is 96.3 Å². The molecule has 84 valence electrons. The summed E-state index contributed by atoms with van der Waals surface area (Å²) in [5.41, 5.74) is 1.62. The highest BCUT2D eigenvalue weighted by atomic mass is 16.4. The maximum Gasteiger partial charge on any atom is 0.304 e. The van der Waals surface area contributed by atoms with Crippen LogP contribution in [-0.2, 0) is 4.79 Å². The molecule has 2 nitrogen and oxygen atoms in total. The Hall–Kier alpha value is -1.75. The van der Waals surface area contributed by atoms with Crippen LogP contribution in [0, 0.1) is 24.2 Å². The summed E-state index contributed by atoms with van der Waals surface area (Å²) < 4.78 is 0. The van der Waals surface area contributed by atoms with Gasteiger partial charge in [0.05, 0.1) is 6.42 Å². The van der Waals surface area contributed by atoms with Gasteiger partial charge in [0.2, 0.25) is 0 Å². The fourth-order valence-corrected chi connectivity index (χ4v) is 1.30. The maximum absolute atomic E-state index is 10.6. The van der Waals surface area contributed by atoms with Crippen LogP contribution in [0.15, 0.2) is 24.3 Å². The van der Waals surface area contributed by atoms with E-state index in [2.05, 4.69) is 11.8 Å². The molecule has 0 atom stereocenters. The zero-order valence-electron chi connectivity index (χ0n) is 9.87. The van der Waals surface area contributed by atoms with Crippen molar-refractivity contribution in [3.8, 4) is 11.8 Å². The van der Waals surface area contributed by atoms with Crippen LogP contribution in [0.5, 0.6) is 0 Å². The molecular weight excluding hydrogens is 200 g/mol. The van der Waals surface area contributed by atoms with Crippen LogP contribution in [0.3, 0.4) is 0 Å². The van der Waals surface area contributed by atoms with E-state index in [0.29, 0.717) is 0 Å². The lowest BCUT2D eigenvalue weighted by Gasteiger charge is -2.13. The van der Waals surface area contributed by atoms with Gasteiger partial charge in [-0.3, -0.25) is 4.79 Å². The van der Waals surface area contributed by atoms with Crippen LogP contribution in [-0.4, -0.2) is 11.1 Å². The summed E-state index contributed by atoms with van der Waals surface area (Å²) in [6.07, 6.45) is 0.0614. The molecule has 0 aliphatic rings. The van der Waals surface area contributed by atoms with E-state index in [-0.39, 0.29) is 6.42 Å². The van der Waals surface area contributed by atoms with Crippen LogP contribution in [0.25, 0.3) is 0 Å². The van der Waals surface area contributed by atoms with Gasteiger partial charge in [0.25, 0.3) is 0 Å². The zero-order valence-corrected chi connectivity index (χ0v) is 9.87. The Balaban J connectivity index is 2.80. The summed E-state index contributed by atoms with van der Waals surface area (Å²) in [4.78, 5) is 10.6. The first-order valence-corrected chi connectivity index (χ1v) is 5.21. The Morgan fingerprint density at radius 2 is 1.88 bits per heavy atom. The van der Waals surface area contributed by atoms with E-state index in [1.165, 1.54) is 5.56 Å². The molecule has 1 N–H and O–H groups in total. The minimum Gasteiger partial charge on any atom is -0.481 e. The van der Waals surface area contributed by atoms with Crippen molar-refractivity contribution in [1.29, 1.82) is 0 Å². The fourth-order valence-electron chi connectivity index (χ4n) is 1.30. The normalized spacial score (nSPS) is 10.4. The summed E-state index contributed by atoms with van der Waals surface area (Å²) in [7, 11) is 0. The number of carboxylic acids is 1. The second kappa shape index (κ2) is 4.85. The summed E-state index contributed by atoms with van der Waals surface area (Å²) in [6, 6.07) is 7.88. The Morgan fingerprint density at radius 3 is 2.38 bits per heavy atom. The van der Waals surface area contributed by atoms with Gasteiger partial charge in [-0.1, -0.05) is 29.5 Å². The third-order valence-corrected chi connectivity index (χ3v) is 2.19. The zero-order chi connectivity index (χ0) is 12.2. The topological polar surface area (TPSA) is 37.3 Å². The number of hydrogen-bond acceptors (Lipinski definition) is 1. The van der Waals surface area contributed by atoms with Gasteiger partial charge in [-0.2, -0.15) is 0 Å². The number of carbonyl (C=O) groups is 1. The molecule has 0 aromatic heterocycles. The largest absolute Gasteiger partial charge is 0.481 e. The van der Waals surface area contributed by atoms with Crippen LogP contribution in [0.4, 0.5) is 0 Å². The van der Waals surface area contributed by atoms with E-state index in [0.717, 1.165) is 5.56 Å². The average Bonchev–Trinajstić information content (AvgIpc) is 2.15. The summed E-state index contributed by atoms with van der Waals surface area (Å²) in [6.45, 7) is 5.69. The number of aliphatic carboxylic acids is 1. The van der Waals surface area contributed by atoms with Gasteiger partial charge >= 0.3 is 5.97 Å². The van der Waals surface area contributed by atoms with Crippen LogP contribution in [0.2, 0.25) is 0 Å². The highest BCUT2D eigenvalue weighted by molar-refractivity contribution is 5.68. The highest BCUT2D eigenvalue weighted by Crippen LogP contribution is 2.18. The van der Waals surface area contributed by atoms with Crippen molar-refractivity contribution in [3.63, 3.8) is 0 Å². The molecule has 1 rings (SSSR count). The number of hydrogen-bond donors (Lipinski definition) is 1.